The topological polar surface area (TPSA) is 62.7 Å². The highest BCUT2D eigenvalue weighted by Gasteiger charge is 2.26. The molecule has 0 spiro atoms. The second-order valence-corrected chi connectivity index (χ2v) is 6.42. The number of rotatable bonds is 2. The van der Waals surface area contributed by atoms with Gasteiger partial charge in [0, 0.05) is 37.9 Å². The van der Waals surface area contributed by atoms with Crippen LogP contribution in [-0.4, -0.2) is 53.5 Å². The molecule has 0 N–H and O–H groups in total. The Hall–Kier alpha value is -2.11. The van der Waals surface area contributed by atoms with Gasteiger partial charge < -0.3 is 14.5 Å². The zero-order chi connectivity index (χ0) is 16.3. The fourth-order valence-electron chi connectivity index (χ4n) is 2.23. The van der Waals surface area contributed by atoms with E-state index in [2.05, 4.69) is 9.88 Å². The van der Waals surface area contributed by atoms with Crippen LogP contribution in [0.3, 0.4) is 0 Å². The molecular weight excluding hydrogens is 282 g/mol. The lowest BCUT2D eigenvalue weighted by Gasteiger charge is -2.36. The minimum Gasteiger partial charge on any atom is -0.444 e. The maximum Gasteiger partial charge on any atom is 0.410 e. The van der Waals surface area contributed by atoms with Gasteiger partial charge in [0.05, 0.1) is 0 Å². The molecule has 1 fully saturated rings. The van der Waals surface area contributed by atoms with Crippen LogP contribution >= 0.6 is 0 Å². The van der Waals surface area contributed by atoms with Crippen LogP contribution in [0, 0.1) is 0 Å². The Kier molecular flexibility index (Phi) is 4.68. The second-order valence-electron chi connectivity index (χ2n) is 6.42. The predicted octanol–water partition coefficient (Wildman–Crippen LogP) is 2.34. The number of ether oxygens (including phenoxy) is 1. The number of Topliss-reactive ketones (excluding diaryl/α,β-unsaturated/α-hetero) is 1. The molecule has 1 aromatic rings. The van der Waals surface area contributed by atoms with Gasteiger partial charge >= 0.3 is 6.09 Å². The summed E-state index contributed by atoms with van der Waals surface area (Å²) in [6, 6.07) is 3.63. The number of amides is 1. The van der Waals surface area contributed by atoms with Crippen molar-refractivity contribution in [3.05, 3.63) is 23.9 Å². The van der Waals surface area contributed by atoms with Crippen LogP contribution in [0.1, 0.15) is 38.1 Å². The van der Waals surface area contributed by atoms with Crippen molar-refractivity contribution >= 4 is 17.7 Å². The number of hydrogen-bond acceptors (Lipinski definition) is 5. The first-order valence-corrected chi connectivity index (χ1v) is 7.46. The van der Waals surface area contributed by atoms with Gasteiger partial charge in [0.2, 0.25) is 0 Å². The third-order valence-electron chi connectivity index (χ3n) is 3.41. The third-order valence-corrected chi connectivity index (χ3v) is 3.41. The van der Waals surface area contributed by atoms with Crippen LogP contribution in [0.4, 0.5) is 10.6 Å². The molecule has 0 radical (unpaired) electrons. The number of aromatic nitrogens is 1. The molecule has 1 aromatic heterocycles. The fraction of sp³-hybridized carbons (Fsp3) is 0.562. The van der Waals surface area contributed by atoms with Crippen LogP contribution in [0.2, 0.25) is 0 Å². The number of hydrogen-bond donors (Lipinski definition) is 0. The Balaban J connectivity index is 1.91. The number of anilines is 1. The molecule has 1 amide bonds. The zero-order valence-electron chi connectivity index (χ0n) is 13.6. The maximum atomic E-state index is 12.0. The molecule has 1 saturated heterocycles. The van der Waals surface area contributed by atoms with Crippen molar-refractivity contribution in [1.82, 2.24) is 9.88 Å². The van der Waals surface area contributed by atoms with Crippen molar-refractivity contribution in [2.75, 3.05) is 31.1 Å². The summed E-state index contributed by atoms with van der Waals surface area (Å²) in [4.78, 5) is 31.4. The van der Waals surface area contributed by atoms with Crippen molar-refractivity contribution in [1.29, 1.82) is 0 Å². The van der Waals surface area contributed by atoms with Gasteiger partial charge in [0.15, 0.2) is 5.78 Å². The second kappa shape index (κ2) is 6.34. The first-order valence-electron chi connectivity index (χ1n) is 7.46. The Morgan fingerprint density at radius 2 is 1.77 bits per heavy atom. The minimum absolute atomic E-state index is 0.00814. The highest BCUT2D eigenvalue weighted by Crippen LogP contribution is 2.16. The SMILES string of the molecule is CC(=O)c1ccc(N2CCN(C(=O)OC(C)(C)C)CC2)nc1. The molecule has 22 heavy (non-hydrogen) atoms. The molecule has 2 heterocycles. The van der Waals surface area contributed by atoms with Crippen molar-refractivity contribution in [3.8, 4) is 0 Å². The van der Waals surface area contributed by atoms with Crippen LogP contribution in [-0.2, 0) is 4.74 Å². The van der Waals surface area contributed by atoms with E-state index >= 15 is 0 Å². The number of carbonyl (C=O) groups is 2. The van der Waals surface area contributed by atoms with E-state index in [0.717, 1.165) is 5.82 Å². The standard InChI is InChI=1S/C16H23N3O3/c1-12(20)13-5-6-14(17-11-13)18-7-9-19(10-8-18)15(21)22-16(2,3)4/h5-6,11H,7-10H2,1-4H3. The van der Waals surface area contributed by atoms with Gasteiger partial charge in [-0.3, -0.25) is 4.79 Å². The normalized spacial score (nSPS) is 15.6. The van der Waals surface area contributed by atoms with E-state index in [1.54, 1.807) is 17.2 Å². The van der Waals surface area contributed by atoms with Gasteiger partial charge in [-0.25, -0.2) is 9.78 Å². The molecule has 0 atom stereocenters. The Morgan fingerprint density at radius 1 is 1.14 bits per heavy atom. The van der Waals surface area contributed by atoms with Gasteiger partial charge in [-0.1, -0.05) is 0 Å². The summed E-state index contributed by atoms with van der Waals surface area (Å²) in [6.07, 6.45) is 1.32. The maximum absolute atomic E-state index is 12.0. The molecule has 0 aliphatic carbocycles. The van der Waals surface area contributed by atoms with E-state index in [4.69, 9.17) is 4.74 Å². The molecule has 1 aliphatic heterocycles. The van der Waals surface area contributed by atoms with Crippen LogP contribution < -0.4 is 4.90 Å². The fourth-order valence-corrected chi connectivity index (χ4v) is 2.23. The minimum atomic E-state index is -0.474. The van der Waals surface area contributed by atoms with Gasteiger partial charge in [-0.15, -0.1) is 0 Å². The first kappa shape index (κ1) is 16.3. The summed E-state index contributed by atoms with van der Waals surface area (Å²) in [6.45, 7) is 9.72. The van der Waals surface area contributed by atoms with Gasteiger partial charge in [-0.05, 0) is 39.8 Å². The van der Waals surface area contributed by atoms with E-state index in [0.29, 0.717) is 31.7 Å². The Morgan fingerprint density at radius 3 is 2.23 bits per heavy atom. The third kappa shape index (κ3) is 4.19. The van der Waals surface area contributed by atoms with E-state index in [1.165, 1.54) is 6.92 Å². The smallest absolute Gasteiger partial charge is 0.410 e. The van der Waals surface area contributed by atoms with E-state index < -0.39 is 5.60 Å². The molecule has 6 heteroatoms. The highest BCUT2D eigenvalue weighted by atomic mass is 16.6. The number of carbonyl (C=O) groups excluding carboxylic acids is 2. The van der Waals surface area contributed by atoms with E-state index in [9.17, 15) is 9.59 Å². The summed E-state index contributed by atoms with van der Waals surface area (Å²) in [7, 11) is 0. The Bertz CT molecular complexity index is 541. The van der Waals surface area contributed by atoms with Crippen molar-refractivity contribution in [2.45, 2.75) is 33.3 Å². The Labute approximate surface area is 131 Å². The van der Waals surface area contributed by atoms with Crippen LogP contribution in [0.25, 0.3) is 0 Å². The van der Waals surface area contributed by atoms with Crippen LogP contribution in [0.5, 0.6) is 0 Å². The van der Waals surface area contributed by atoms with Gasteiger partial charge in [0.25, 0.3) is 0 Å². The van der Waals surface area contributed by atoms with Gasteiger partial charge in [0.1, 0.15) is 11.4 Å². The lowest BCUT2D eigenvalue weighted by Crippen LogP contribution is -2.50. The summed E-state index contributed by atoms with van der Waals surface area (Å²) in [5.41, 5.74) is 0.134. The number of piperazine rings is 1. The average Bonchev–Trinajstić information content (AvgIpc) is 2.46. The molecule has 1 aliphatic rings. The van der Waals surface area contributed by atoms with E-state index in [-0.39, 0.29) is 11.9 Å². The first-order chi connectivity index (χ1) is 10.3. The molecule has 0 aromatic carbocycles. The molecule has 6 nitrogen and oxygen atoms in total. The summed E-state index contributed by atoms with van der Waals surface area (Å²) < 4.78 is 5.38. The molecular formula is C16H23N3O3. The molecule has 0 saturated carbocycles. The molecule has 120 valence electrons. The summed E-state index contributed by atoms with van der Waals surface area (Å²) >= 11 is 0. The number of pyridine rings is 1. The largest absolute Gasteiger partial charge is 0.444 e. The lowest BCUT2D eigenvalue weighted by atomic mass is 10.2. The van der Waals surface area contributed by atoms with Crippen LogP contribution in [0.15, 0.2) is 18.3 Å². The van der Waals surface area contributed by atoms with E-state index in [1.807, 2.05) is 26.8 Å². The molecule has 0 bridgehead atoms. The van der Waals surface area contributed by atoms with Crippen molar-refractivity contribution in [3.63, 3.8) is 0 Å². The van der Waals surface area contributed by atoms with Crippen molar-refractivity contribution in [2.24, 2.45) is 0 Å². The lowest BCUT2D eigenvalue weighted by molar-refractivity contribution is 0.0240. The average molecular weight is 305 g/mol. The summed E-state index contributed by atoms with van der Waals surface area (Å²) in [5.74, 6) is 0.836. The van der Waals surface area contributed by atoms with Gasteiger partial charge in [-0.2, -0.15) is 0 Å². The predicted molar refractivity (Wildman–Crippen MR) is 84.3 cm³/mol. The molecule has 2 rings (SSSR count). The molecule has 0 unspecified atom stereocenters. The monoisotopic (exact) mass is 305 g/mol. The number of nitrogens with zero attached hydrogens (tertiary/aromatic N) is 3. The van der Waals surface area contributed by atoms with Crippen molar-refractivity contribution < 1.29 is 14.3 Å². The summed E-state index contributed by atoms with van der Waals surface area (Å²) in [5, 5.41) is 0. The quantitative estimate of drug-likeness (QED) is 0.785. The zero-order valence-corrected chi connectivity index (χ0v) is 13.6. The highest BCUT2D eigenvalue weighted by molar-refractivity contribution is 5.93. The number of ketones is 1.